The van der Waals surface area contributed by atoms with Gasteiger partial charge in [-0.25, -0.2) is 0 Å². The zero-order valence-electron chi connectivity index (χ0n) is 10.2. The second-order valence-corrected chi connectivity index (χ2v) is 4.40. The lowest BCUT2D eigenvalue weighted by molar-refractivity contribution is -0.148. The molecule has 0 bridgehead atoms. The van der Waals surface area contributed by atoms with Gasteiger partial charge in [-0.3, -0.25) is 14.4 Å². The zero-order chi connectivity index (χ0) is 13.8. The number of nitrogens with one attached hydrogen (secondary N) is 1. The molecular formula is C13H14N2O4. The maximum Gasteiger partial charge on any atom is 0.305 e. The summed E-state index contributed by atoms with van der Waals surface area (Å²) in [6.45, 7) is 0.271. The number of rotatable bonds is 4. The smallest absolute Gasteiger partial charge is 0.305 e. The van der Waals surface area contributed by atoms with E-state index >= 15 is 0 Å². The number of carboxylic acid groups (broad SMARTS) is 1. The third-order valence-corrected chi connectivity index (χ3v) is 2.87. The molecule has 100 valence electrons. The van der Waals surface area contributed by atoms with Crippen LogP contribution in [0.3, 0.4) is 0 Å². The average molecular weight is 262 g/mol. The largest absolute Gasteiger partial charge is 0.481 e. The van der Waals surface area contributed by atoms with Crippen molar-refractivity contribution in [2.45, 2.75) is 19.0 Å². The first-order valence-corrected chi connectivity index (χ1v) is 5.90. The van der Waals surface area contributed by atoms with Crippen LogP contribution in [0, 0.1) is 0 Å². The van der Waals surface area contributed by atoms with Crippen molar-refractivity contribution in [2.75, 3.05) is 6.54 Å². The second-order valence-electron chi connectivity index (χ2n) is 4.40. The van der Waals surface area contributed by atoms with Gasteiger partial charge in [0.25, 0.3) is 0 Å². The fraction of sp³-hybridized carbons (Fsp3) is 0.308. The molecule has 1 heterocycles. The first-order chi connectivity index (χ1) is 9.06. The van der Waals surface area contributed by atoms with Gasteiger partial charge in [0.05, 0.1) is 13.0 Å². The Morgan fingerprint density at radius 2 is 2.00 bits per heavy atom. The van der Waals surface area contributed by atoms with Gasteiger partial charge in [-0.1, -0.05) is 30.3 Å². The predicted molar refractivity (Wildman–Crippen MR) is 66.0 cm³/mol. The van der Waals surface area contributed by atoms with E-state index in [4.69, 9.17) is 5.11 Å². The highest BCUT2D eigenvalue weighted by atomic mass is 16.4. The number of hydrogen-bond donors (Lipinski definition) is 2. The summed E-state index contributed by atoms with van der Waals surface area (Å²) in [6, 6.07) is 8.29. The summed E-state index contributed by atoms with van der Waals surface area (Å²) in [7, 11) is 0. The lowest BCUT2D eigenvalue weighted by atomic mass is 10.1. The number of carbonyl (C=O) groups excluding carboxylic acids is 2. The fourth-order valence-corrected chi connectivity index (χ4v) is 2.02. The topological polar surface area (TPSA) is 86.7 Å². The molecule has 0 spiro atoms. The normalized spacial score (nSPS) is 19.2. The van der Waals surface area contributed by atoms with Crippen molar-refractivity contribution >= 4 is 17.8 Å². The molecule has 1 aliphatic heterocycles. The summed E-state index contributed by atoms with van der Waals surface area (Å²) >= 11 is 0. The van der Waals surface area contributed by atoms with Crippen LogP contribution in [0.4, 0.5) is 0 Å². The molecule has 2 amide bonds. The quantitative estimate of drug-likeness (QED) is 0.799. The van der Waals surface area contributed by atoms with Crippen molar-refractivity contribution in [2.24, 2.45) is 0 Å². The van der Waals surface area contributed by atoms with Gasteiger partial charge in [0.15, 0.2) is 0 Å². The van der Waals surface area contributed by atoms with Crippen molar-refractivity contribution < 1.29 is 19.5 Å². The molecule has 19 heavy (non-hydrogen) atoms. The third kappa shape index (κ3) is 3.31. The number of aliphatic carboxylic acids is 1. The molecule has 2 rings (SSSR count). The molecule has 1 aromatic carbocycles. The van der Waals surface area contributed by atoms with E-state index in [1.165, 1.54) is 4.90 Å². The molecule has 1 atom stereocenters. The Bertz CT molecular complexity index is 499. The van der Waals surface area contributed by atoms with Crippen molar-refractivity contribution in [1.82, 2.24) is 10.2 Å². The summed E-state index contributed by atoms with van der Waals surface area (Å²) in [5.41, 5.74) is 0.902. The molecule has 0 saturated carbocycles. The zero-order valence-corrected chi connectivity index (χ0v) is 10.2. The van der Waals surface area contributed by atoms with E-state index in [2.05, 4.69) is 5.32 Å². The standard InChI is InChI=1S/C13H14N2O4/c16-11-8-15(7-9-4-2-1-3-5-9)13(19)10(14-11)6-12(17)18/h1-5,10H,6-8H2,(H,14,16)(H,17,18)/t10-/m0/s1. The Morgan fingerprint density at radius 1 is 1.32 bits per heavy atom. The number of carboxylic acids is 1. The number of piperazine rings is 1. The second kappa shape index (κ2) is 5.51. The van der Waals surface area contributed by atoms with E-state index in [0.29, 0.717) is 6.54 Å². The molecule has 1 aliphatic rings. The molecular weight excluding hydrogens is 248 g/mol. The Balaban J connectivity index is 2.09. The van der Waals surface area contributed by atoms with Crippen molar-refractivity contribution in [3.8, 4) is 0 Å². The van der Waals surface area contributed by atoms with Gasteiger partial charge in [0.1, 0.15) is 6.04 Å². The SMILES string of the molecule is O=C(O)C[C@@H]1NC(=O)CN(Cc2ccccc2)C1=O. The van der Waals surface area contributed by atoms with Crippen LogP contribution >= 0.6 is 0 Å². The van der Waals surface area contributed by atoms with Gasteiger partial charge in [-0.15, -0.1) is 0 Å². The molecule has 6 heteroatoms. The Hall–Kier alpha value is -2.37. The molecule has 0 unspecified atom stereocenters. The first-order valence-electron chi connectivity index (χ1n) is 5.90. The van der Waals surface area contributed by atoms with E-state index in [-0.39, 0.29) is 18.4 Å². The van der Waals surface area contributed by atoms with Gasteiger partial charge in [-0.2, -0.15) is 0 Å². The van der Waals surface area contributed by atoms with Gasteiger partial charge < -0.3 is 15.3 Å². The number of nitrogens with zero attached hydrogens (tertiary/aromatic N) is 1. The maximum atomic E-state index is 12.1. The van der Waals surface area contributed by atoms with Crippen LogP contribution in [-0.2, 0) is 20.9 Å². The molecule has 0 radical (unpaired) electrons. The van der Waals surface area contributed by atoms with E-state index in [1.54, 1.807) is 0 Å². The molecule has 1 aromatic rings. The maximum absolute atomic E-state index is 12.1. The van der Waals surface area contributed by atoms with Crippen LogP contribution in [0.2, 0.25) is 0 Å². The van der Waals surface area contributed by atoms with Crippen molar-refractivity contribution in [1.29, 1.82) is 0 Å². The Kier molecular flexibility index (Phi) is 3.79. The summed E-state index contributed by atoms with van der Waals surface area (Å²) in [4.78, 5) is 35.6. The van der Waals surface area contributed by atoms with Gasteiger partial charge >= 0.3 is 5.97 Å². The molecule has 0 aliphatic carbocycles. The fourth-order valence-electron chi connectivity index (χ4n) is 2.02. The van der Waals surface area contributed by atoms with Crippen LogP contribution < -0.4 is 5.32 Å². The van der Waals surface area contributed by atoms with Crippen LogP contribution in [0.1, 0.15) is 12.0 Å². The van der Waals surface area contributed by atoms with E-state index in [9.17, 15) is 14.4 Å². The highest BCUT2D eigenvalue weighted by Gasteiger charge is 2.33. The highest BCUT2D eigenvalue weighted by molar-refractivity contribution is 5.96. The summed E-state index contributed by atoms with van der Waals surface area (Å²) < 4.78 is 0. The first kappa shape index (κ1) is 13.1. The minimum absolute atomic E-state index is 0.0379. The number of amides is 2. The van der Waals surface area contributed by atoms with Crippen LogP contribution in [0.5, 0.6) is 0 Å². The van der Waals surface area contributed by atoms with Gasteiger partial charge in [-0.05, 0) is 5.56 Å². The third-order valence-electron chi connectivity index (χ3n) is 2.87. The van der Waals surface area contributed by atoms with Crippen molar-refractivity contribution in [3.63, 3.8) is 0 Å². The average Bonchev–Trinajstić information content (AvgIpc) is 2.35. The van der Waals surface area contributed by atoms with Crippen molar-refractivity contribution in [3.05, 3.63) is 35.9 Å². The lowest BCUT2D eigenvalue weighted by Crippen LogP contribution is -2.58. The predicted octanol–water partition coefficient (Wildman–Crippen LogP) is -0.0117. The minimum Gasteiger partial charge on any atom is -0.481 e. The number of hydrogen-bond acceptors (Lipinski definition) is 3. The molecule has 0 aromatic heterocycles. The van der Waals surface area contributed by atoms with E-state index < -0.39 is 18.4 Å². The summed E-state index contributed by atoms with van der Waals surface area (Å²) in [5.74, 6) is -1.80. The summed E-state index contributed by atoms with van der Waals surface area (Å²) in [5, 5.41) is 11.1. The highest BCUT2D eigenvalue weighted by Crippen LogP contribution is 2.11. The van der Waals surface area contributed by atoms with E-state index in [1.807, 2.05) is 30.3 Å². The van der Waals surface area contributed by atoms with E-state index in [0.717, 1.165) is 5.56 Å². The lowest BCUT2D eigenvalue weighted by Gasteiger charge is -2.31. The van der Waals surface area contributed by atoms with Crippen LogP contribution in [0.15, 0.2) is 30.3 Å². The summed E-state index contributed by atoms with van der Waals surface area (Å²) in [6.07, 6.45) is -0.393. The minimum atomic E-state index is -1.11. The number of benzene rings is 1. The molecule has 2 N–H and O–H groups in total. The number of carbonyl (C=O) groups is 3. The van der Waals surface area contributed by atoms with Gasteiger partial charge in [0.2, 0.25) is 11.8 Å². The molecule has 1 saturated heterocycles. The van der Waals surface area contributed by atoms with Crippen LogP contribution in [0.25, 0.3) is 0 Å². The van der Waals surface area contributed by atoms with Crippen LogP contribution in [-0.4, -0.2) is 40.4 Å². The van der Waals surface area contributed by atoms with Gasteiger partial charge in [0, 0.05) is 6.54 Å². The molecule has 1 fully saturated rings. The monoisotopic (exact) mass is 262 g/mol. The Morgan fingerprint density at radius 3 is 2.63 bits per heavy atom. The Labute approximate surface area is 110 Å². The molecule has 6 nitrogen and oxygen atoms in total.